The zero-order valence-electron chi connectivity index (χ0n) is 4.73. The standard InChI is InChI=1S/C8H6/c1-4-7-8(5-2)6-3/h2-4H,1H3. The molecule has 0 N–H and O–H groups in total. The topological polar surface area (TPSA) is 0 Å². The van der Waals surface area contributed by atoms with Crippen LogP contribution in [0.25, 0.3) is 0 Å². The highest BCUT2D eigenvalue weighted by molar-refractivity contribution is 5.40. The molecule has 0 unspecified atom stereocenters. The van der Waals surface area contributed by atoms with Crippen LogP contribution in [0.5, 0.6) is 0 Å². The normalized spacial score (nSPS) is 5.38. The maximum Gasteiger partial charge on any atom is 0.115 e. The molecular weight excluding hydrogens is 96.1 g/mol. The van der Waals surface area contributed by atoms with Crippen molar-refractivity contribution >= 4 is 0 Å². The van der Waals surface area contributed by atoms with E-state index in [0.29, 0.717) is 5.57 Å². The van der Waals surface area contributed by atoms with E-state index in [2.05, 4.69) is 17.6 Å². The highest BCUT2D eigenvalue weighted by atomic mass is 13.7. The third-order valence-corrected chi connectivity index (χ3v) is 0.577. The van der Waals surface area contributed by atoms with Crippen molar-refractivity contribution in [3.63, 3.8) is 0 Å². The van der Waals surface area contributed by atoms with E-state index in [4.69, 9.17) is 12.8 Å². The Kier molecular flexibility index (Phi) is 3.17. The van der Waals surface area contributed by atoms with E-state index < -0.39 is 0 Å². The fourth-order valence-corrected chi connectivity index (χ4v) is 0.269. The van der Waals surface area contributed by atoms with Gasteiger partial charge in [0.2, 0.25) is 0 Å². The summed E-state index contributed by atoms with van der Waals surface area (Å²) in [6, 6.07) is 0. The Bertz CT molecular complexity index is 183. The molecule has 38 valence electrons. The van der Waals surface area contributed by atoms with Gasteiger partial charge in [0, 0.05) is 0 Å². The van der Waals surface area contributed by atoms with Gasteiger partial charge in [-0.2, -0.15) is 0 Å². The molecule has 0 saturated carbocycles. The van der Waals surface area contributed by atoms with Crippen LogP contribution < -0.4 is 0 Å². The second-order valence-electron chi connectivity index (χ2n) is 1.10. The van der Waals surface area contributed by atoms with Crippen LogP contribution in [0.3, 0.4) is 0 Å². The molecule has 0 aromatic rings. The van der Waals surface area contributed by atoms with Gasteiger partial charge in [-0.25, -0.2) is 0 Å². The van der Waals surface area contributed by atoms with Gasteiger partial charge in [0.15, 0.2) is 0 Å². The Morgan fingerprint density at radius 3 is 2.00 bits per heavy atom. The molecule has 0 aliphatic carbocycles. The largest absolute Gasteiger partial charge is 0.115 e. The summed E-state index contributed by atoms with van der Waals surface area (Å²) < 4.78 is 0. The minimum absolute atomic E-state index is 0.465. The zero-order valence-corrected chi connectivity index (χ0v) is 4.73. The molecule has 0 heterocycles. The summed E-state index contributed by atoms with van der Waals surface area (Å²) in [5.74, 6) is 4.58. The SMILES string of the molecule is C#CC(=C=CC)C#C. The predicted octanol–water partition coefficient (Wildman–Crippen LogP) is 1.35. The summed E-state index contributed by atoms with van der Waals surface area (Å²) in [6.45, 7) is 1.81. The molecule has 0 heteroatoms. The van der Waals surface area contributed by atoms with Gasteiger partial charge in [0.1, 0.15) is 5.57 Å². The first-order valence-corrected chi connectivity index (χ1v) is 2.19. The Balaban J connectivity index is 4.48. The highest BCUT2D eigenvalue weighted by Crippen LogP contribution is 1.81. The number of hydrogen-bond acceptors (Lipinski definition) is 0. The Labute approximate surface area is 49.9 Å². The van der Waals surface area contributed by atoms with E-state index >= 15 is 0 Å². The highest BCUT2D eigenvalue weighted by Gasteiger charge is 1.73. The molecule has 0 fully saturated rings. The molecule has 0 atom stereocenters. The summed E-state index contributed by atoms with van der Waals surface area (Å²) in [5.41, 5.74) is 3.17. The second kappa shape index (κ2) is 3.82. The quantitative estimate of drug-likeness (QED) is 0.320. The van der Waals surface area contributed by atoms with Gasteiger partial charge < -0.3 is 0 Å². The summed E-state index contributed by atoms with van der Waals surface area (Å²) in [5, 5.41) is 0. The maximum atomic E-state index is 4.96. The lowest BCUT2D eigenvalue weighted by Gasteiger charge is -1.71. The summed E-state index contributed by atoms with van der Waals surface area (Å²) >= 11 is 0. The monoisotopic (exact) mass is 102 g/mol. The summed E-state index contributed by atoms with van der Waals surface area (Å²) in [7, 11) is 0. The van der Waals surface area contributed by atoms with Gasteiger partial charge in [-0.15, -0.1) is 12.8 Å². The van der Waals surface area contributed by atoms with Gasteiger partial charge in [0.05, 0.1) is 0 Å². The molecule has 0 bridgehead atoms. The maximum absolute atomic E-state index is 4.96. The van der Waals surface area contributed by atoms with Crippen LogP contribution in [0.2, 0.25) is 0 Å². The lowest BCUT2D eigenvalue weighted by Crippen LogP contribution is -1.62. The molecule has 0 aromatic heterocycles. The summed E-state index contributed by atoms with van der Waals surface area (Å²) in [4.78, 5) is 0. The van der Waals surface area contributed by atoms with Crippen LogP contribution in [0.4, 0.5) is 0 Å². The Morgan fingerprint density at radius 1 is 1.38 bits per heavy atom. The van der Waals surface area contributed by atoms with Crippen molar-refractivity contribution in [3.8, 4) is 24.7 Å². The van der Waals surface area contributed by atoms with Crippen molar-refractivity contribution < 1.29 is 0 Å². The minimum Gasteiger partial charge on any atom is -0.113 e. The van der Waals surface area contributed by atoms with E-state index in [9.17, 15) is 0 Å². The number of allylic oxidation sites excluding steroid dienone is 1. The Hall–Kier alpha value is -1.36. The van der Waals surface area contributed by atoms with E-state index in [1.807, 2.05) is 6.92 Å². The van der Waals surface area contributed by atoms with Crippen LogP contribution in [-0.2, 0) is 0 Å². The lowest BCUT2D eigenvalue weighted by atomic mass is 10.3. The molecule has 0 spiro atoms. The number of hydrogen-bond donors (Lipinski definition) is 0. The fraction of sp³-hybridized carbons (Fsp3) is 0.125. The van der Waals surface area contributed by atoms with Crippen LogP contribution in [0.15, 0.2) is 17.4 Å². The molecule has 0 aromatic carbocycles. The van der Waals surface area contributed by atoms with Crippen LogP contribution in [0, 0.1) is 24.7 Å². The number of terminal acetylenes is 2. The second-order valence-corrected chi connectivity index (χ2v) is 1.10. The molecular formula is C8H6. The van der Waals surface area contributed by atoms with Crippen molar-refractivity contribution in [2.45, 2.75) is 6.92 Å². The first kappa shape index (κ1) is 6.64. The Morgan fingerprint density at radius 2 is 1.88 bits per heavy atom. The van der Waals surface area contributed by atoms with Crippen molar-refractivity contribution in [1.82, 2.24) is 0 Å². The van der Waals surface area contributed by atoms with Crippen LogP contribution in [0.1, 0.15) is 6.92 Å². The van der Waals surface area contributed by atoms with Crippen molar-refractivity contribution in [2.24, 2.45) is 0 Å². The molecule has 0 radical (unpaired) electrons. The fourth-order valence-electron chi connectivity index (χ4n) is 0.269. The third kappa shape index (κ3) is 1.93. The average Bonchev–Trinajstić information content (AvgIpc) is 1.83. The van der Waals surface area contributed by atoms with Gasteiger partial charge >= 0.3 is 0 Å². The predicted molar refractivity (Wildman–Crippen MR) is 34.9 cm³/mol. The van der Waals surface area contributed by atoms with Gasteiger partial charge in [-0.3, -0.25) is 0 Å². The van der Waals surface area contributed by atoms with Gasteiger partial charge in [-0.1, -0.05) is 17.6 Å². The minimum atomic E-state index is 0.465. The van der Waals surface area contributed by atoms with Crippen LogP contribution >= 0.6 is 0 Å². The molecule has 0 rings (SSSR count). The van der Waals surface area contributed by atoms with E-state index in [1.54, 1.807) is 6.08 Å². The smallest absolute Gasteiger partial charge is 0.113 e. The van der Waals surface area contributed by atoms with E-state index in [1.165, 1.54) is 0 Å². The zero-order chi connectivity index (χ0) is 6.41. The molecule has 0 nitrogen and oxygen atoms in total. The van der Waals surface area contributed by atoms with E-state index in [0.717, 1.165) is 0 Å². The van der Waals surface area contributed by atoms with Crippen molar-refractivity contribution in [2.75, 3.05) is 0 Å². The first-order chi connectivity index (χ1) is 3.85. The third-order valence-electron chi connectivity index (χ3n) is 0.577. The molecule has 0 aliphatic heterocycles. The van der Waals surface area contributed by atoms with Gasteiger partial charge in [0.25, 0.3) is 0 Å². The van der Waals surface area contributed by atoms with Crippen LogP contribution in [-0.4, -0.2) is 0 Å². The average molecular weight is 102 g/mol. The first-order valence-electron chi connectivity index (χ1n) is 2.19. The van der Waals surface area contributed by atoms with Crippen molar-refractivity contribution in [3.05, 3.63) is 17.4 Å². The van der Waals surface area contributed by atoms with E-state index in [-0.39, 0.29) is 0 Å². The van der Waals surface area contributed by atoms with Crippen molar-refractivity contribution in [1.29, 1.82) is 0 Å². The van der Waals surface area contributed by atoms with Gasteiger partial charge in [-0.05, 0) is 13.0 Å². The molecule has 0 saturated heterocycles. The molecule has 0 amide bonds. The number of rotatable bonds is 0. The lowest BCUT2D eigenvalue weighted by molar-refractivity contribution is 1.75. The summed E-state index contributed by atoms with van der Waals surface area (Å²) in [6.07, 6.45) is 11.6. The molecule has 0 aliphatic rings. The molecule has 8 heavy (non-hydrogen) atoms.